The molecule has 158 valence electrons. The summed E-state index contributed by atoms with van der Waals surface area (Å²) in [6, 6.07) is 1.28. The van der Waals surface area contributed by atoms with Crippen LogP contribution < -0.4 is 10.6 Å². The van der Waals surface area contributed by atoms with Crippen LogP contribution in [0.2, 0.25) is 0 Å². The normalized spacial score (nSPS) is 27.4. The van der Waals surface area contributed by atoms with Crippen LogP contribution in [0.4, 0.5) is 0 Å². The number of hydrogen-bond acceptors (Lipinski definition) is 5. The molecule has 1 unspecified atom stereocenters. The second kappa shape index (κ2) is 11.2. The van der Waals surface area contributed by atoms with Crippen LogP contribution in [0.15, 0.2) is 4.99 Å². The van der Waals surface area contributed by atoms with Crippen molar-refractivity contribution >= 4 is 39.8 Å². The van der Waals surface area contributed by atoms with Gasteiger partial charge in [0.05, 0.1) is 18.1 Å². The van der Waals surface area contributed by atoms with E-state index in [9.17, 15) is 8.42 Å². The molecule has 2 heterocycles. The third-order valence-electron chi connectivity index (χ3n) is 5.87. The van der Waals surface area contributed by atoms with Gasteiger partial charge in [-0.1, -0.05) is 12.8 Å². The van der Waals surface area contributed by atoms with Crippen molar-refractivity contribution in [2.24, 2.45) is 4.99 Å². The minimum Gasteiger partial charge on any atom is -0.357 e. The SMILES string of the molecule is CCNC(=NCCN1CCS(=O)(=O)CC1)NC1CCN(C2CCCC2)C1.I. The fraction of sp³-hybridized carbons (Fsp3) is 0.944. The van der Waals surface area contributed by atoms with E-state index in [1.54, 1.807) is 0 Å². The van der Waals surface area contributed by atoms with Crippen molar-refractivity contribution in [2.45, 2.75) is 51.1 Å². The maximum Gasteiger partial charge on any atom is 0.191 e. The second-order valence-electron chi connectivity index (χ2n) is 7.82. The Labute approximate surface area is 181 Å². The van der Waals surface area contributed by atoms with Crippen molar-refractivity contribution in [1.29, 1.82) is 0 Å². The summed E-state index contributed by atoms with van der Waals surface area (Å²) in [4.78, 5) is 9.57. The minimum atomic E-state index is -2.80. The number of nitrogens with zero attached hydrogens (tertiary/aromatic N) is 3. The molecule has 0 spiro atoms. The van der Waals surface area contributed by atoms with Crippen LogP contribution in [-0.2, 0) is 9.84 Å². The molecule has 3 rings (SSSR count). The molecule has 1 atom stereocenters. The third-order valence-corrected chi connectivity index (χ3v) is 7.48. The van der Waals surface area contributed by atoms with Crippen LogP contribution in [0, 0.1) is 0 Å². The quantitative estimate of drug-likeness (QED) is 0.313. The van der Waals surface area contributed by atoms with Crippen LogP contribution >= 0.6 is 24.0 Å². The summed E-state index contributed by atoms with van der Waals surface area (Å²) in [5.41, 5.74) is 0. The summed E-state index contributed by atoms with van der Waals surface area (Å²) in [6.45, 7) is 8.07. The molecule has 0 aromatic carbocycles. The Balaban J connectivity index is 0.00000261. The van der Waals surface area contributed by atoms with Crippen molar-refractivity contribution in [2.75, 3.05) is 57.3 Å². The summed E-state index contributed by atoms with van der Waals surface area (Å²) in [5, 5.41) is 6.95. The predicted octanol–water partition coefficient (Wildman–Crippen LogP) is 0.907. The van der Waals surface area contributed by atoms with Crippen molar-refractivity contribution in [3.8, 4) is 0 Å². The molecule has 2 saturated heterocycles. The highest BCUT2D eigenvalue weighted by atomic mass is 127. The molecular weight excluding hydrogens is 477 g/mol. The number of rotatable bonds is 6. The highest BCUT2D eigenvalue weighted by molar-refractivity contribution is 14.0. The first kappa shape index (κ1) is 23.2. The molecule has 9 heteroatoms. The van der Waals surface area contributed by atoms with E-state index in [1.807, 2.05) is 0 Å². The monoisotopic (exact) mass is 513 g/mol. The van der Waals surface area contributed by atoms with Gasteiger partial charge in [-0.05, 0) is 26.2 Å². The maximum absolute atomic E-state index is 11.5. The van der Waals surface area contributed by atoms with Crippen molar-refractivity contribution < 1.29 is 8.42 Å². The lowest BCUT2D eigenvalue weighted by Crippen LogP contribution is -2.46. The molecule has 2 aliphatic heterocycles. The van der Waals surface area contributed by atoms with Gasteiger partial charge in [-0.15, -0.1) is 24.0 Å². The first-order valence-corrected chi connectivity index (χ1v) is 12.1. The zero-order valence-corrected chi connectivity index (χ0v) is 19.7. The molecule has 1 aliphatic carbocycles. The molecule has 2 N–H and O–H groups in total. The molecule has 0 radical (unpaired) electrons. The summed E-state index contributed by atoms with van der Waals surface area (Å²) < 4.78 is 23.0. The Morgan fingerprint density at radius 1 is 1.11 bits per heavy atom. The number of halogens is 1. The average Bonchev–Trinajstić information content (AvgIpc) is 3.28. The topological polar surface area (TPSA) is 77.0 Å². The smallest absolute Gasteiger partial charge is 0.191 e. The van der Waals surface area contributed by atoms with Crippen LogP contribution in [0.25, 0.3) is 0 Å². The van der Waals surface area contributed by atoms with Crippen molar-refractivity contribution in [3.05, 3.63) is 0 Å². The molecule has 0 bridgehead atoms. The zero-order valence-electron chi connectivity index (χ0n) is 16.5. The molecule has 3 aliphatic rings. The Hall–Kier alpha value is -0.130. The number of hydrogen-bond donors (Lipinski definition) is 2. The van der Waals surface area contributed by atoms with E-state index in [-0.39, 0.29) is 35.5 Å². The van der Waals surface area contributed by atoms with Gasteiger partial charge < -0.3 is 10.6 Å². The summed E-state index contributed by atoms with van der Waals surface area (Å²) >= 11 is 0. The molecule has 1 saturated carbocycles. The van der Waals surface area contributed by atoms with Gasteiger partial charge in [0.1, 0.15) is 0 Å². The van der Waals surface area contributed by atoms with E-state index < -0.39 is 9.84 Å². The first-order valence-electron chi connectivity index (χ1n) is 10.3. The van der Waals surface area contributed by atoms with Gasteiger partial charge >= 0.3 is 0 Å². The van der Waals surface area contributed by atoms with Crippen molar-refractivity contribution in [3.63, 3.8) is 0 Å². The molecule has 0 aromatic rings. The highest BCUT2D eigenvalue weighted by Gasteiger charge is 2.30. The summed E-state index contributed by atoms with van der Waals surface area (Å²) in [7, 11) is -2.80. The third kappa shape index (κ3) is 7.32. The Bertz CT molecular complexity index is 566. The number of guanidine groups is 1. The van der Waals surface area contributed by atoms with Gasteiger partial charge in [-0.3, -0.25) is 14.8 Å². The number of nitrogens with one attached hydrogen (secondary N) is 2. The molecule has 27 heavy (non-hydrogen) atoms. The van der Waals surface area contributed by atoms with Gasteiger partial charge in [-0.25, -0.2) is 8.42 Å². The van der Waals surface area contributed by atoms with E-state index in [1.165, 1.54) is 38.6 Å². The Morgan fingerprint density at radius 2 is 1.81 bits per heavy atom. The van der Waals surface area contributed by atoms with E-state index in [4.69, 9.17) is 4.99 Å². The lowest BCUT2D eigenvalue weighted by atomic mass is 10.2. The fourth-order valence-electron chi connectivity index (χ4n) is 4.30. The Kier molecular flexibility index (Phi) is 9.57. The molecule has 0 aromatic heterocycles. The van der Waals surface area contributed by atoms with Gasteiger partial charge in [0.15, 0.2) is 15.8 Å². The van der Waals surface area contributed by atoms with Crippen LogP contribution in [-0.4, -0.2) is 93.6 Å². The number of likely N-dealkylation sites (tertiary alicyclic amines) is 1. The lowest BCUT2D eigenvalue weighted by Gasteiger charge is -2.26. The molecule has 3 fully saturated rings. The van der Waals surface area contributed by atoms with E-state index >= 15 is 0 Å². The summed E-state index contributed by atoms with van der Waals surface area (Å²) in [5.74, 6) is 1.47. The van der Waals surface area contributed by atoms with Crippen LogP contribution in [0.1, 0.15) is 39.0 Å². The number of aliphatic imine (C=N–C) groups is 1. The standard InChI is InChI=1S/C18H35N5O2S.HI/c1-2-19-18(20-8-10-22-11-13-26(24,25)14-12-22)21-16-7-9-23(15-16)17-5-3-4-6-17;/h16-17H,2-15H2,1H3,(H2,19,20,21);1H. The largest absolute Gasteiger partial charge is 0.357 e. The van der Waals surface area contributed by atoms with Gasteiger partial charge in [0.2, 0.25) is 0 Å². The van der Waals surface area contributed by atoms with Gasteiger partial charge in [0.25, 0.3) is 0 Å². The van der Waals surface area contributed by atoms with E-state index in [0.717, 1.165) is 31.6 Å². The molecular formula is C18H36IN5O2S. The van der Waals surface area contributed by atoms with Crippen LogP contribution in [0.3, 0.4) is 0 Å². The van der Waals surface area contributed by atoms with Crippen LogP contribution in [0.5, 0.6) is 0 Å². The van der Waals surface area contributed by atoms with Gasteiger partial charge in [-0.2, -0.15) is 0 Å². The maximum atomic E-state index is 11.5. The average molecular weight is 513 g/mol. The van der Waals surface area contributed by atoms with E-state index in [0.29, 0.717) is 25.7 Å². The fourth-order valence-corrected chi connectivity index (χ4v) is 5.57. The lowest BCUT2D eigenvalue weighted by molar-refractivity contribution is 0.242. The van der Waals surface area contributed by atoms with Crippen molar-refractivity contribution in [1.82, 2.24) is 20.4 Å². The Morgan fingerprint density at radius 3 is 2.48 bits per heavy atom. The predicted molar refractivity (Wildman–Crippen MR) is 122 cm³/mol. The minimum absolute atomic E-state index is 0. The number of sulfone groups is 1. The van der Waals surface area contributed by atoms with Gasteiger partial charge in [0, 0.05) is 51.4 Å². The first-order chi connectivity index (χ1) is 12.6. The second-order valence-corrected chi connectivity index (χ2v) is 10.1. The molecule has 7 nitrogen and oxygen atoms in total. The summed E-state index contributed by atoms with van der Waals surface area (Å²) in [6.07, 6.45) is 6.70. The highest BCUT2D eigenvalue weighted by Crippen LogP contribution is 2.26. The molecule has 0 amide bonds. The zero-order chi connectivity index (χ0) is 18.4. The van der Waals surface area contributed by atoms with E-state index in [2.05, 4.69) is 27.4 Å².